The van der Waals surface area contributed by atoms with E-state index in [2.05, 4.69) is 46.9 Å². The van der Waals surface area contributed by atoms with Crippen molar-refractivity contribution in [1.29, 1.82) is 0 Å². The van der Waals surface area contributed by atoms with Crippen molar-refractivity contribution in [1.82, 2.24) is 19.7 Å². The number of rotatable bonds is 9. The van der Waals surface area contributed by atoms with Gasteiger partial charge >= 0.3 is 0 Å². The normalized spacial score (nSPS) is 16.3. The molecule has 3 fully saturated rings. The van der Waals surface area contributed by atoms with Crippen LogP contribution in [-0.2, 0) is 42.5 Å². The number of aryl methyl sites for hydroxylation is 1. The first-order valence-corrected chi connectivity index (χ1v) is 32.8. The topological polar surface area (TPSA) is 215 Å². The molecule has 0 radical (unpaired) electrons. The van der Waals surface area contributed by atoms with Crippen LogP contribution < -0.4 is 36.1 Å². The van der Waals surface area contributed by atoms with Gasteiger partial charge in [0.25, 0.3) is 17.7 Å². The monoisotopic (exact) mass is 1290 g/mol. The fourth-order valence-corrected chi connectivity index (χ4v) is 13.7. The van der Waals surface area contributed by atoms with Crippen LogP contribution >= 0.6 is 0 Å². The summed E-state index contributed by atoms with van der Waals surface area (Å²) >= 11 is 0. The molecule has 3 saturated heterocycles. The molecule has 0 unspecified atom stereocenters. The summed E-state index contributed by atoms with van der Waals surface area (Å²) in [5.41, 5.74) is 28.6. The number of likely N-dealkylation sites (tertiary alicyclic amines) is 3. The number of piperidine rings is 3. The summed E-state index contributed by atoms with van der Waals surface area (Å²) < 4.78 is 48.0. The molecule has 6 N–H and O–H groups in total. The highest BCUT2D eigenvalue weighted by atomic mass is 19.1. The number of carbonyl (C=O) groups is 3. The Morgan fingerprint density at radius 1 is 0.500 bits per heavy atom. The van der Waals surface area contributed by atoms with Crippen molar-refractivity contribution in [2.45, 2.75) is 87.9 Å². The van der Waals surface area contributed by atoms with Crippen LogP contribution in [0.5, 0.6) is 23.0 Å². The van der Waals surface area contributed by atoms with Crippen molar-refractivity contribution in [3.05, 3.63) is 266 Å². The number of carbonyl (C=O) groups excluding carboxylic acids is 3. The first kappa shape index (κ1) is 64.3. The lowest BCUT2D eigenvalue weighted by molar-refractivity contribution is 0.0607. The van der Waals surface area contributed by atoms with Crippen LogP contribution in [0.2, 0.25) is 0 Å². The molecule has 96 heavy (non-hydrogen) atoms. The molecule has 3 spiro atoms. The van der Waals surface area contributed by atoms with Crippen LogP contribution in [0.1, 0.15) is 137 Å². The number of amides is 3. The number of benzene rings is 6. The quantitative estimate of drug-likeness (QED) is 0.115. The van der Waals surface area contributed by atoms with Gasteiger partial charge in [-0.2, -0.15) is 0 Å². The van der Waals surface area contributed by atoms with E-state index in [9.17, 15) is 18.8 Å². The van der Waals surface area contributed by atoms with Gasteiger partial charge in [0.15, 0.2) is 17.3 Å². The van der Waals surface area contributed by atoms with Crippen LogP contribution in [0, 0.1) is 36.4 Å². The summed E-state index contributed by atoms with van der Waals surface area (Å²) in [6.45, 7) is 9.65. The number of nitrogens with zero attached hydrogens (tertiary/aromatic N) is 4. The number of hydrogen-bond donors (Lipinski definition) is 3. The molecule has 15 rings (SSSR count). The lowest BCUT2D eigenvalue weighted by atomic mass is 9.74. The molecule has 0 aliphatic carbocycles. The zero-order valence-corrected chi connectivity index (χ0v) is 53.8. The maximum Gasteiger partial charge on any atom is 0.289 e. The average molecular weight is 1290 g/mol. The molecule has 3 amide bonds. The van der Waals surface area contributed by atoms with Crippen LogP contribution in [0.25, 0.3) is 0 Å². The van der Waals surface area contributed by atoms with Gasteiger partial charge in [0.05, 0.1) is 19.8 Å². The number of nitrogens with two attached hydrogens (primary N) is 3. The van der Waals surface area contributed by atoms with Crippen molar-refractivity contribution >= 4 is 17.7 Å². The molecule has 6 aliphatic rings. The number of ether oxygens (including phenoxy) is 4. The minimum Gasteiger partial charge on any atom is -0.492 e. The molecule has 488 valence electrons. The summed E-state index contributed by atoms with van der Waals surface area (Å²) in [7, 11) is 0. The fraction of sp³-hybridized carbons (Fsp3) is 0.291. The summed E-state index contributed by atoms with van der Waals surface area (Å²) in [4.78, 5) is 49.1. The minimum absolute atomic E-state index is 0.0340. The van der Waals surface area contributed by atoms with Gasteiger partial charge in [0.2, 0.25) is 0 Å². The predicted molar refractivity (Wildman–Crippen MR) is 362 cm³/mol. The SMILES string of the molecule is Cc1ccccc1C#Cc1ccc(C(=O)N2CCC3(CC2)COc2ccc(CN)cc23)o1.NCc1ccc2c(c1)C1(CCN(C(=O)c3cc(C#Cc4ccccc4)ccn3)CC1)CO2.NCc1ccc2c(c1)C1(CCN(C(=O)c3ccc(COc4ccc(F)cc4)o3)CC1)CO2. The third kappa shape index (κ3) is 13.9. The van der Waals surface area contributed by atoms with Gasteiger partial charge in [-0.25, -0.2) is 4.39 Å². The Morgan fingerprint density at radius 2 is 0.979 bits per heavy atom. The maximum absolute atomic E-state index is 13.1. The van der Waals surface area contributed by atoms with Gasteiger partial charge in [0, 0.05) is 115 Å². The van der Waals surface area contributed by atoms with Gasteiger partial charge in [-0.3, -0.25) is 19.4 Å². The van der Waals surface area contributed by atoms with E-state index in [1.807, 2.05) is 119 Å². The Labute approximate surface area is 558 Å². The number of halogens is 1. The maximum atomic E-state index is 13.1. The van der Waals surface area contributed by atoms with E-state index in [0.717, 1.165) is 94.7 Å². The standard InChI is InChI=1S/C27H25N3O2.C27H26N2O3.C25H25FN2O4/c28-18-22-8-9-25-23(16-22)27(19-32-25)11-14-30(15-12-27)26(31)24-17-21(10-13-29-24)7-6-20-4-2-1-3-5-20;1-19-4-2-3-5-21(19)7-8-22-9-11-25(32-22)26(30)29-14-12-27(13-15-29)18-31-24-10-6-20(17-28)16-23(24)27;26-18-2-4-19(5-3-18)30-15-20-6-8-23(32-20)24(29)28-11-9-25(10-12-28)16-31-22-7-1-17(14-27)13-21(22)25/h1-5,8-10,13,16-17H,11-12,14-15,18-19,28H2;2-6,9-11,16H,12-15,17-18,28H2,1H3;1-8,13H,9-12,14-16,27H2. The van der Waals surface area contributed by atoms with E-state index < -0.39 is 0 Å². The highest BCUT2D eigenvalue weighted by Crippen LogP contribution is 2.49. The van der Waals surface area contributed by atoms with Crippen molar-refractivity contribution in [2.75, 3.05) is 59.1 Å². The lowest BCUT2D eigenvalue weighted by Crippen LogP contribution is -2.46. The first-order chi connectivity index (χ1) is 46.8. The Balaban J connectivity index is 0.000000130. The second-order valence-corrected chi connectivity index (χ2v) is 25.5. The molecule has 6 aliphatic heterocycles. The van der Waals surface area contributed by atoms with Gasteiger partial charge in [-0.1, -0.05) is 90.6 Å². The second kappa shape index (κ2) is 28.3. The molecule has 0 saturated carbocycles. The Morgan fingerprint density at radius 3 is 1.50 bits per heavy atom. The Hall–Kier alpha value is -10.4. The molecule has 9 aromatic rings. The van der Waals surface area contributed by atoms with Crippen molar-refractivity contribution in [3.8, 4) is 46.7 Å². The van der Waals surface area contributed by atoms with E-state index >= 15 is 0 Å². The van der Waals surface area contributed by atoms with Crippen LogP contribution in [0.3, 0.4) is 0 Å². The zero-order valence-electron chi connectivity index (χ0n) is 53.8. The number of hydrogen-bond acceptors (Lipinski definition) is 13. The van der Waals surface area contributed by atoms with E-state index in [-0.39, 0.29) is 46.4 Å². The largest absolute Gasteiger partial charge is 0.492 e. The van der Waals surface area contributed by atoms with Crippen LogP contribution in [0.4, 0.5) is 4.39 Å². The zero-order chi connectivity index (χ0) is 66.2. The van der Waals surface area contributed by atoms with Crippen molar-refractivity contribution in [2.24, 2.45) is 17.2 Å². The summed E-state index contributed by atoms with van der Waals surface area (Å²) in [5.74, 6) is 16.9. The highest BCUT2D eigenvalue weighted by molar-refractivity contribution is 5.93. The molecular weight excluding hydrogens is 1210 g/mol. The molecule has 17 heteroatoms. The minimum atomic E-state index is -0.320. The molecule has 0 atom stereocenters. The molecule has 16 nitrogen and oxygen atoms in total. The predicted octanol–water partition coefficient (Wildman–Crippen LogP) is 11.5. The van der Waals surface area contributed by atoms with Crippen molar-refractivity contribution < 1.29 is 46.6 Å². The number of aromatic nitrogens is 1. The van der Waals surface area contributed by atoms with Gasteiger partial charge < -0.3 is 59.7 Å². The smallest absolute Gasteiger partial charge is 0.289 e. The lowest BCUT2D eigenvalue weighted by Gasteiger charge is -2.38. The van der Waals surface area contributed by atoms with Crippen LogP contribution in [0.15, 0.2) is 185 Å². The summed E-state index contributed by atoms with van der Waals surface area (Å²) in [5, 5.41) is 0. The van der Waals surface area contributed by atoms with E-state index in [0.29, 0.717) is 113 Å². The Bertz CT molecular complexity index is 4440. The molecule has 9 heterocycles. The van der Waals surface area contributed by atoms with Gasteiger partial charge in [-0.05, 0) is 171 Å². The third-order valence-electron chi connectivity index (χ3n) is 19.5. The highest BCUT2D eigenvalue weighted by Gasteiger charge is 2.47. The summed E-state index contributed by atoms with van der Waals surface area (Å²) in [6.07, 6.45) is 6.78. The number of pyridine rings is 1. The molecule has 0 bridgehead atoms. The van der Waals surface area contributed by atoms with E-state index in [4.69, 9.17) is 45.0 Å². The molecular formula is C79H76FN7O9. The second-order valence-electron chi connectivity index (χ2n) is 25.5. The average Bonchev–Trinajstić information content (AvgIpc) is 1.61. The van der Waals surface area contributed by atoms with Gasteiger partial charge in [0.1, 0.15) is 46.9 Å². The van der Waals surface area contributed by atoms with E-state index in [1.165, 1.54) is 28.8 Å². The number of furan rings is 2. The first-order valence-electron chi connectivity index (χ1n) is 32.8. The van der Waals surface area contributed by atoms with Gasteiger partial charge in [-0.15, -0.1) is 0 Å². The molecule has 6 aromatic carbocycles. The van der Waals surface area contributed by atoms with Crippen LogP contribution in [-0.4, -0.2) is 96.5 Å². The number of fused-ring (bicyclic) bond motifs is 6. The summed E-state index contributed by atoms with van der Waals surface area (Å²) in [6, 6.07) is 52.6. The fourth-order valence-electron chi connectivity index (χ4n) is 13.7. The molecule has 3 aromatic heterocycles. The Kier molecular flexibility index (Phi) is 18.9. The van der Waals surface area contributed by atoms with E-state index in [1.54, 1.807) is 48.7 Å². The van der Waals surface area contributed by atoms with Crippen molar-refractivity contribution in [3.63, 3.8) is 0 Å². The third-order valence-corrected chi connectivity index (χ3v) is 19.5.